The first kappa shape index (κ1) is 33.7. The summed E-state index contributed by atoms with van der Waals surface area (Å²) in [6, 6.07) is 12.7. The van der Waals surface area contributed by atoms with Crippen molar-refractivity contribution in [1.82, 2.24) is 20.0 Å². The summed E-state index contributed by atoms with van der Waals surface area (Å²) >= 11 is 0. The highest BCUT2D eigenvalue weighted by molar-refractivity contribution is 5.97. The third kappa shape index (κ3) is 8.38. The molecule has 2 saturated heterocycles. The van der Waals surface area contributed by atoms with Crippen LogP contribution in [0.15, 0.2) is 42.5 Å². The van der Waals surface area contributed by atoms with Gasteiger partial charge in [-0.1, -0.05) is 18.2 Å². The molecule has 13 heteroatoms. The van der Waals surface area contributed by atoms with Crippen LogP contribution in [0.2, 0.25) is 0 Å². The van der Waals surface area contributed by atoms with Gasteiger partial charge in [0.25, 0.3) is 5.91 Å². The van der Waals surface area contributed by atoms with Gasteiger partial charge in [-0.2, -0.15) is 0 Å². The number of rotatable bonds is 8. The number of urea groups is 1. The van der Waals surface area contributed by atoms with Crippen molar-refractivity contribution in [2.24, 2.45) is 0 Å². The summed E-state index contributed by atoms with van der Waals surface area (Å²) in [5, 5.41) is 2.90. The summed E-state index contributed by atoms with van der Waals surface area (Å²) in [4.78, 5) is 57.7. The van der Waals surface area contributed by atoms with Gasteiger partial charge in [0, 0.05) is 63.5 Å². The molecule has 3 heterocycles. The van der Waals surface area contributed by atoms with Crippen LogP contribution in [0.1, 0.15) is 56.0 Å². The number of nitrogens with one attached hydrogen (secondary N) is 1. The Balaban J connectivity index is 1.04. The van der Waals surface area contributed by atoms with Crippen LogP contribution >= 0.6 is 0 Å². The van der Waals surface area contributed by atoms with Gasteiger partial charge in [-0.25, -0.2) is 14.4 Å². The fraction of sp³-hybridized carbons (Fsp3) is 0.529. The first-order valence-electron chi connectivity index (χ1n) is 16.2. The second-order valence-corrected chi connectivity index (χ2v) is 12.8. The largest absolute Gasteiger partial charge is 0.496 e. The summed E-state index contributed by atoms with van der Waals surface area (Å²) < 4.78 is 22.2. The lowest BCUT2D eigenvalue weighted by molar-refractivity contribution is 0.0169. The van der Waals surface area contributed by atoms with E-state index in [4.69, 9.17) is 18.9 Å². The second-order valence-electron chi connectivity index (χ2n) is 12.8. The van der Waals surface area contributed by atoms with E-state index in [0.29, 0.717) is 88.7 Å². The van der Waals surface area contributed by atoms with Gasteiger partial charge in [-0.15, -0.1) is 0 Å². The molecule has 2 aromatic rings. The first-order chi connectivity index (χ1) is 22.5. The first-order valence-corrected chi connectivity index (χ1v) is 16.2. The molecule has 2 fully saturated rings. The number of likely N-dealkylation sites (tertiary alicyclic amines) is 1. The van der Waals surface area contributed by atoms with Crippen molar-refractivity contribution in [2.75, 3.05) is 64.4 Å². The number of para-hydroxylation sites is 1. The molecule has 0 unspecified atom stereocenters. The van der Waals surface area contributed by atoms with Crippen molar-refractivity contribution in [2.45, 2.75) is 58.3 Å². The molecule has 3 aliphatic rings. The molecule has 5 rings (SSSR count). The van der Waals surface area contributed by atoms with E-state index < -0.39 is 5.60 Å². The molecule has 5 amide bonds. The zero-order chi connectivity index (χ0) is 33.6. The number of cyclic esters (lactones) is 1. The molecule has 0 atom stereocenters. The predicted molar refractivity (Wildman–Crippen MR) is 174 cm³/mol. The van der Waals surface area contributed by atoms with Crippen molar-refractivity contribution in [3.8, 4) is 11.5 Å². The van der Waals surface area contributed by atoms with Gasteiger partial charge in [0.1, 0.15) is 23.7 Å². The summed E-state index contributed by atoms with van der Waals surface area (Å²) in [6.45, 7) is 9.27. The average molecular weight is 652 g/mol. The Labute approximate surface area is 275 Å². The number of nitrogens with zero attached hydrogens (tertiary/aromatic N) is 4. The number of carbonyl (C=O) groups excluding carboxylic acids is 4. The van der Waals surface area contributed by atoms with Gasteiger partial charge < -0.3 is 39.0 Å². The lowest BCUT2D eigenvalue weighted by Crippen LogP contribution is -2.54. The third-order valence-corrected chi connectivity index (χ3v) is 8.40. The Morgan fingerprint density at radius 2 is 1.64 bits per heavy atom. The molecule has 0 aromatic heterocycles. The van der Waals surface area contributed by atoms with Crippen LogP contribution in [0.25, 0.3) is 0 Å². The summed E-state index contributed by atoms with van der Waals surface area (Å²) in [7, 11) is 1.52. The maximum absolute atomic E-state index is 13.5. The fourth-order valence-corrected chi connectivity index (χ4v) is 5.94. The van der Waals surface area contributed by atoms with Crippen LogP contribution in [0.4, 0.5) is 20.1 Å². The Bertz CT molecular complexity index is 1440. The molecule has 0 aliphatic carbocycles. The van der Waals surface area contributed by atoms with E-state index in [-0.39, 0.29) is 36.8 Å². The number of hydrogen-bond donors (Lipinski definition) is 1. The number of piperazine rings is 1. The average Bonchev–Trinajstić information content (AvgIpc) is 3.07. The number of fused-ring (bicyclic) bond motifs is 1. The zero-order valence-corrected chi connectivity index (χ0v) is 27.7. The predicted octanol–water partition coefficient (Wildman–Crippen LogP) is 4.49. The molecule has 13 nitrogen and oxygen atoms in total. The van der Waals surface area contributed by atoms with Crippen molar-refractivity contribution in [1.29, 1.82) is 0 Å². The third-order valence-electron chi connectivity index (χ3n) is 8.40. The molecule has 47 heavy (non-hydrogen) atoms. The SMILES string of the molecule is COc1cc(OCCCNC(=O)N2CCN(C(=O)OC(C)(C)C)CC2)ccc1C(=O)N1CCC(N2C(=O)OCc3ccccc32)CC1. The lowest BCUT2D eigenvalue weighted by atomic mass is 10.00. The highest BCUT2D eigenvalue weighted by Crippen LogP contribution is 2.33. The van der Waals surface area contributed by atoms with E-state index in [0.717, 1.165) is 11.3 Å². The van der Waals surface area contributed by atoms with Crippen molar-refractivity contribution < 1.29 is 38.1 Å². The monoisotopic (exact) mass is 651 g/mol. The number of ether oxygens (including phenoxy) is 4. The number of anilines is 1. The number of carbonyl (C=O) groups is 4. The van der Waals surface area contributed by atoms with Gasteiger partial charge in [-0.05, 0) is 58.2 Å². The molecule has 0 bridgehead atoms. The van der Waals surface area contributed by atoms with Crippen LogP contribution in [-0.4, -0.2) is 110 Å². The Kier molecular flexibility index (Phi) is 10.6. The van der Waals surface area contributed by atoms with Gasteiger partial charge in [0.15, 0.2) is 0 Å². The van der Waals surface area contributed by atoms with Crippen LogP contribution in [0.3, 0.4) is 0 Å². The number of amides is 5. The molecular weight excluding hydrogens is 606 g/mol. The maximum Gasteiger partial charge on any atom is 0.414 e. The number of methoxy groups -OCH3 is 1. The maximum atomic E-state index is 13.5. The van der Waals surface area contributed by atoms with Crippen molar-refractivity contribution >= 4 is 29.8 Å². The quantitative estimate of drug-likeness (QED) is 0.414. The minimum absolute atomic E-state index is 0.0511. The molecule has 2 aromatic carbocycles. The lowest BCUT2D eigenvalue weighted by Gasteiger charge is -2.40. The van der Waals surface area contributed by atoms with E-state index in [1.807, 2.05) is 45.0 Å². The fourth-order valence-electron chi connectivity index (χ4n) is 5.94. The van der Waals surface area contributed by atoms with E-state index in [1.54, 1.807) is 37.8 Å². The van der Waals surface area contributed by atoms with Gasteiger partial charge in [-0.3, -0.25) is 9.69 Å². The highest BCUT2D eigenvalue weighted by Gasteiger charge is 2.35. The zero-order valence-electron chi connectivity index (χ0n) is 27.7. The molecule has 3 aliphatic heterocycles. The number of piperidine rings is 1. The topological polar surface area (TPSA) is 130 Å². The van der Waals surface area contributed by atoms with E-state index in [1.165, 1.54) is 7.11 Å². The van der Waals surface area contributed by atoms with Gasteiger partial charge in [0.2, 0.25) is 0 Å². The normalized spacial score (nSPS) is 17.1. The number of benzene rings is 2. The van der Waals surface area contributed by atoms with E-state index in [2.05, 4.69) is 5.32 Å². The Hall–Kier alpha value is -4.68. The summed E-state index contributed by atoms with van der Waals surface area (Å²) in [6.07, 6.45) is 1.15. The van der Waals surface area contributed by atoms with Crippen LogP contribution in [-0.2, 0) is 16.1 Å². The Morgan fingerprint density at radius 1 is 0.936 bits per heavy atom. The molecule has 0 radical (unpaired) electrons. The molecule has 0 saturated carbocycles. The second kappa shape index (κ2) is 14.8. The smallest absolute Gasteiger partial charge is 0.414 e. The van der Waals surface area contributed by atoms with Gasteiger partial charge >= 0.3 is 18.2 Å². The minimum atomic E-state index is -0.557. The number of hydrogen-bond acceptors (Lipinski definition) is 8. The van der Waals surface area contributed by atoms with Crippen molar-refractivity contribution in [3.63, 3.8) is 0 Å². The standard InChI is InChI=1S/C34H45N5O8/c1-34(2,3)47-32(42)38-19-17-37(18-20-38)31(41)35-14-7-21-45-26-10-11-27(29(22-26)44-4)30(40)36-15-12-25(13-16-36)39-28-9-6-5-8-24(28)23-46-33(39)43/h5-6,8-11,22,25H,7,12-21,23H2,1-4H3,(H,35,41). The van der Waals surface area contributed by atoms with Crippen LogP contribution < -0.4 is 19.7 Å². The van der Waals surface area contributed by atoms with E-state index in [9.17, 15) is 19.2 Å². The summed E-state index contributed by atoms with van der Waals surface area (Å²) in [5.41, 5.74) is 1.75. The van der Waals surface area contributed by atoms with Crippen LogP contribution in [0.5, 0.6) is 11.5 Å². The molecule has 0 spiro atoms. The van der Waals surface area contributed by atoms with Crippen molar-refractivity contribution in [3.05, 3.63) is 53.6 Å². The highest BCUT2D eigenvalue weighted by atomic mass is 16.6. The van der Waals surface area contributed by atoms with E-state index >= 15 is 0 Å². The van der Waals surface area contributed by atoms with Gasteiger partial charge in [0.05, 0.1) is 25.0 Å². The molecule has 1 N–H and O–H groups in total. The van der Waals surface area contributed by atoms with Crippen LogP contribution in [0, 0.1) is 0 Å². The minimum Gasteiger partial charge on any atom is -0.496 e. The molecular formula is C34H45N5O8. The molecule has 254 valence electrons. The summed E-state index contributed by atoms with van der Waals surface area (Å²) in [5.74, 6) is 0.842. The Morgan fingerprint density at radius 3 is 2.34 bits per heavy atom.